The number of carbonyl (C=O) groups is 1. The van der Waals surface area contributed by atoms with Crippen molar-refractivity contribution in [1.82, 2.24) is 15.1 Å². The SMILES string of the molecule is Cc1cccc(-c2nnc(-c3ccc(C(=O)N(C)Cc4ccccc4[N+](=O)[O-])cc3)o2)c1. The van der Waals surface area contributed by atoms with Crippen molar-refractivity contribution in [2.24, 2.45) is 0 Å². The average molecular weight is 428 g/mol. The number of carbonyl (C=O) groups excluding carboxylic acids is 1. The molecule has 0 bridgehead atoms. The highest BCUT2D eigenvalue weighted by Gasteiger charge is 2.18. The molecule has 1 aromatic heterocycles. The summed E-state index contributed by atoms with van der Waals surface area (Å²) < 4.78 is 5.79. The molecule has 0 unspecified atom stereocenters. The predicted molar refractivity (Wildman–Crippen MR) is 119 cm³/mol. The molecule has 8 heteroatoms. The first-order chi connectivity index (χ1) is 15.4. The Morgan fingerprint density at radius 1 is 0.969 bits per heavy atom. The second-order valence-corrected chi connectivity index (χ2v) is 7.41. The topological polar surface area (TPSA) is 102 Å². The Morgan fingerprint density at radius 3 is 2.34 bits per heavy atom. The zero-order valence-corrected chi connectivity index (χ0v) is 17.6. The summed E-state index contributed by atoms with van der Waals surface area (Å²) in [4.78, 5) is 25.0. The molecule has 0 aliphatic heterocycles. The van der Waals surface area contributed by atoms with Gasteiger partial charge < -0.3 is 9.32 Å². The molecular formula is C24H20N4O4. The zero-order chi connectivity index (χ0) is 22.7. The van der Waals surface area contributed by atoms with Crippen LogP contribution in [0.2, 0.25) is 0 Å². The van der Waals surface area contributed by atoms with E-state index in [2.05, 4.69) is 10.2 Å². The molecular weight excluding hydrogens is 408 g/mol. The van der Waals surface area contributed by atoms with Crippen LogP contribution in [0.25, 0.3) is 22.9 Å². The zero-order valence-electron chi connectivity index (χ0n) is 17.6. The van der Waals surface area contributed by atoms with Gasteiger partial charge in [0.2, 0.25) is 11.8 Å². The van der Waals surface area contributed by atoms with Crippen molar-refractivity contribution in [3.8, 4) is 22.9 Å². The smallest absolute Gasteiger partial charge is 0.274 e. The van der Waals surface area contributed by atoms with Crippen molar-refractivity contribution in [2.45, 2.75) is 13.5 Å². The fraction of sp³-hybridized carbons (Fsp3) is 0.125. The van der Waals surface area contributed by atoms with Crippen molar-refractivity contribution in [1.29, 1.82) is 0 Å². The molecule has 32 heavy (non-hydrogen) atoms. The monoisotopic (exact) mass is 428 g/mol. The molecule has 0 aliphatic rings. The average Bonchev–Trinajstić information content (AvgIpc) is 3.29. The van der Waals surface area contributed by atoms with Gasteiger partial charge in [-0.25, -0.2) is 0 Å². The molecule has 4 rings (SSSR count). The van der Waals surface area contributed by atoms with Crippen LogP contribution in [0.1, 0.15) is 21.5 Å². The molecule has 0 saturated heterocycles. The Morgan fingerprint density at radius 2 is 1.66 bits per heavy atom. The van der Waals surface area contributed by atoms with Gasteiger partial charge in [-0.1, -0.05) is 35.9 Å². The van der Waals surface area contributed by atoms with E-state index in [1.165, 1.54) is 11.0 Å². The normalized spacial score (nSPS) is 10.7. The lowest BCUT2D eigenvalue weighted by Gasteiger charge is -2.17. The number of benzene rings is 3. The minimum atomic E-state index is -0.447. The van der Waals surface area contributed by atoms with E-state index in [9.17, 15) is 14.9 Å². The maximum absolute atomic E-state index is 12.8. The molecule has 160 valence electrons. The molecule has 1 amide bonds. The van der Waals surface area contributed by atoms with E-state index in [1.54, 1.807) is 49.5 Å². The second kappa shape index (κ2) is 8.81. The molecule has 0 radical (unpaired) electrons. The number of rotatable bonds is 6. The third-order valence-corrected chi connectivity index (χ3v) is 5.01. The number of nitro benzene ring substituents is 1. The van der Waals surface area contributed by atoms with Crippen LogP contribution in [-0.4, -0.2) is 33.0 Å². The third kappa shape index (κ3) is 4.39. The van der Waals surface area contributed by atoms with Crippen molar-refractivity contribution in [2.75, 3.05) is 7.05 Å². The van der Waals surface area contributed by atoms with Crippen LogP contribution in [0, 0.1) is 17.0 Å². The summed E-state index contributed by atoms with van der Waals surface area (Å²) in [5.41, 5.74) is 3.53. The summed E-state index contributed by atoms with van der Waals surface area (Å²) in [5.74, 6) is 0.530. The molecule has 8 nitrogen and oxygen atoms in total. The van der Waals surface area contributed by atoms with Gasteiger partial charge in [0.1, 0.15) is 0 Å². The van der Waals surface area contributed by atoms with Crippen LogP contribution in [-0.2, 0) is 6.54 Å². The number of aromatic nitrogens is 2. The lowest BCUT2D eigenvalue weighted by molar-refractivity contribution is -0.385. The maximum Gasteiger partial charge on any atom is 0.274 e. The molecule has 0 fully saturated rings. The van der Waals surface area contributed by atoms with Crippen LogP contribution in [0.4, 0.5) is 5.69 Å². The van der Waals surface area contributed by atoms with Crippen molar-refractivity contribution < 1.29 is 14.1 Å². The first kappa shape index (κ1) is 20.9. The Hall–Kier alpha value is -4.33. The van der Waals surface area contributed by atoms with Gasteiger partial charge in [-0.3, -0.25) is 14.9 Å². The van der Waals surface area contributed by atoms with E-state index in [1.807, 2.05) is 31.2 Å². The highest BCUT2D eigenvalue weighted by Crippen LogP contribution is 2.25. The van der Waals surface area contributed by atoms with Gasteiger partial charge in [-0.15, -0.1) is 10.2 Å². The van der Waals surface area contributed by atoms with Gasteiger partial charge in [0.15, 0.2) is 0 Å². The fourth-order valence-electron chi connectivity index (χ4n) is 3.36. The van der Waals surface area contributed by atoms with Gasteiger partial charge in [-0.05, 0) is 43.3 Å². The molecule has 0 saturated carbocycles. The summed E-state index contributed by atoms with van der Waals surface area (Å²) in [6, 6.07) is 21.0. The first-order valence-corrected chi connectivity index (χ1v) is 9.91. The van der Waals surface area contributed by atoms with Gasteiger partial charge in [0, 0.05) is 35.4 Å². The summed E-state index contributed by atoms with van der Waals surface area (Å²) in [6.45, 7) is 2.12. The van der Waals surface area contributed by atoms with Gasteiger partial charge >= 0.3 is 0 Å². The van der Waals surface area contributed by atoms with E-state index in [-0.39, 0.29) is 18.1 Å². The summed E-state index contributed by atoms with van der Waals surface area (Å²) in [7, 11) is 1.61. The number of hydrogen-bond donors (Lipinski definition) is 0. The van der Waals surface area contributed by atoms with E-state index in [0.29, 0.717) is 28.5 Å². The van der Waals surface area contributed by atoms with E-state index < -0.39 is 4.92 Å². The molecule has 3 aromatic carbocycles. The van der Waals surface area contributed by atoms with Gasteiger partial charge in [0.25, 0.3) is 11.6 Å². The highest BCUT2D eigenvalue weighted by atomic mass is 16.6. The second-order valence-electron chi connectivity index (χ2n) is 7.41. The molecule has 0 N–H and O–H groups in total. The molecule has 0 spiro atoms. The number of nitro groups is 1. The Balaban J connectivity index is 1.49. The maximum atomic E-state index is 12.8. The van der Waals surface area contributed by atoms with Crippen molar-refractivity contribution in [3.05, 3.63) is 99.6 Å². The number of nitrogens with zero attached hydrogens (tertiary/aromatic N) is 4. The highest BCUT2D eigenvalue weighted by molar-refractivity contribution is 5.94. The van der Waals surface area contributed by atoms with Gasteiger partial charge in [-0.2, -0.15) is 0 Å². The van der Waals surface area contributed by atoms with Crippen LogP contribution in [0.5, 0.6) is 0 Å². The number of hydrogen-bond acceptors (Lipinski definition) is 6. The molecule has 1 heterocycles. The summed E-state index contributed by atoms with van der Waals surface area (Å²) in [5, 5.41) is 19.4. The fourth-order valence-corrected chi connectivity index (χ4v) is 3.36. The standard InChI is InChI=1S/C24H20N4O4/c1-16-6-5-8-19(14-16)23-26-25-22(32-23)17-10-12-18(13-11-17)24(29)27(2)15-20-7-3-4-9-21(20)28(30)31/h3-14H,15H2,1-2H3. The lowest BCUT2D eigenvalue weighted by Crippen LogP contribution is -2.26. The Kier molecular flexibility index (Phi) is 5.76. The van der Waals surface area contributed by atoms with E-state index in [0.717, 1.165) is 11.1 Å². The minimum Gasteiger partial charge on any atom is -0.416 e. The van der Waals surface area contributed by atoms with Crippen LogP contribution >= 0.6 is 0 Å². The quantitative estimate of drug-likeness (QED) is 0.320. The van der Waals surface area contributed by atoms with E-state index in [4.69, 9.17) is 4.42 Å². The molecule has 0 aliphatic carbocycles. The van der Waals surface area contributed by atoms with Gasteiger partial charge in [0.05, 0.1) is 11.5 Å². The van der Waals surface area contributed by atoms with Crippen LogP contribution in [0.15, 0.2) is 77.2 Å². The molecule has 4 aromatic rings. The summed E-state index contributed by atoms with van der Waals surface area (Å²) in [6.07, 6.45) is 0. The Labute approximate surface area is 184 Å². The summed E-state index contributed by atoms with van der Waals surface area (Å²) >= 11 is 0. The molecule has 0 atom stereocenters. The largest absolute Gasteiger partial charge is 0.416 e. The van der Waals surface area contributed by atoms with Crippen molar-refractivity contribution >= 4 is 11.6 Å². The first-order valence-electron chi connectivity index (χ1n) is 9.91. The van der Waals surface area contributed by atoms with E-state index >= 15 is 0 Å². The lowest BCUT2D eigenvalue weighted by atomic mass is 10.1. The number of amides is 1. The predicted octanol–water partition coefficient (Wildman–Crippen LogP) is 4.89. The minimum absolute atomic E-state index is 0.0108. The van der Waals surface area contributed by atoms with Crippen molar-refractivity contribution in [3.63, 3.8) is 0 Å². The Bertz CT molecular complexity index is 1280. The third-order valence-electron chi connectivity index (χ3n) is 5.01. The van der Waals surface area contributed by atoms with Crippen LogP contribution in [0.3, 0.4) is 0 Å². The van der Waals surface area contributed by atoms with Crippen LogP contribution < -0.4 is 0 Å². The number of aryl methyl sites for hydroxylation is 1. The number of para-hydroxylation sites is 1.